The van der Waals surface area contributed by atoms with Gasteiger partial charge in [0.05, 0.1) is 19.1 Å². The third-order valence-corrected chi connectivity index (χ3v) is 2.32. The molecule has 0 saturated carbocycles. The number of hydrogen-bond acceptors (Lipinski definition) is 4. The standard InChI is InChI=1S/C10H15NO4/c1-2-15-9(13)5-3-4-7-8(12)6-11-10(7)14/h7H,2-6H2,1H3,(H,11,14). The van der Waals surface area contributed by atoms with Crippen molar-refractivity contribution in [1.82, 2.24) is 5.32 Å². The van der Waals surface area contributed by atoms with Crippen LogP contribution in [0.3, 0.4) is 0 Å². The topological polar surface area (TPSA) is 72.5 Å². The first-order valence-electron chi connectivity index (χ1n) is 5.11. The van der Waals surface area contributed by atoms with Crippen molar-refractivity contribution >= 4 is 17.7 Å². The van der Waals surface area contributed by atoms with Gasteiger partial charge in [-0.1, -0.05) is 0 Å². The number of carbonyl (C=O) groups excluding carboxylic acids is 3. The summed E-state index contributed by atoms with van der Waals surface area (Å²) in [5.41, 5.74) is 0. The minimum Gasteiger partial charge on any atom is -0.466 e. The molecule has 1 aliphatic rings. The molecule has 0 aromatic heterocycles. The Balaban J connectivity index is 2.22. The molecule has 1 unspecified atom stereocenters. The Morgan fingerprint density at radius 3 is 2.80 bits per heavy atom. The van der Waals surface area contributed by atoms with E-state index >= 15 is 0 Å². The van der Waals surface area contributed by atoms with E-state index in [9.17, 15) is 14.4 Å². The maximum absolute atomic E-state index is 11.2. The quantitative estimate of drug-likeness (QED) is 0.516. The summed E-state index contributed by atoms with van der Waals surface area (Å²) >= 11 is 0. The van der Waals surface area contributed by atoms with Crippen LogP contribution in [0.2, 0.25) is 0 Å². The highest BCUT2D eigenvalue weighted by atomic mass is 16.5. The number of amides is 1. The summed E-state index contributed by atoms with van der Waals surface area (Å²) in [5.74, 6) is -1.13. The first-order valence-corrected chi connectivity index (χ1v) is 5.11. The van der Waals surface area contributed by atoms with Crippen LogP contribution < -0.4 is 5.32 Å². The normalized spacial score (nSPS) is 20.2. The van der Waals surface area contributed by atoms with Gasteiger partial charge in [0.2, 0.25) is 5.91 Å². The van der Waals surface area contributed by atoms with E-state index in [2.05, 4.69) is 5.32 Å². The molecule has 15 heavy (non-hydrogen) atoms. The second-order valence-corrected chi connectivity index (χ2v) is 3.43. The predicted molar refractivity (Wildman–Crippen MR) is 52.0 cm³/mol. The minimum absolute atomic E-state index is 0.0798. The molecular weight excluding hydrogens is 198 g/mol. The van der Waals surface area contributed by atoms with Crippen molar-refractivity contribution in [3.8, 4) is 0 Å². The van der Waals surface area contributed by atoms with Crippen LogP contribution in [0.4, 0.5) is 0 Å². The first kappa shape index (κ1) is 11.7. The van der Waals surface area contributed by atoms with Crippen LogP contribution in [0.25, 0.3) is 0 Å². The summed E-state index contributed by atoms with van der Waals surface area (Å²) in [6, 6.07) is 0. The average molecular weight is 213 g/mol. The second-order valence-electron chi connectivity index (χ2n) is 3.43. The van der Waals surface area contributed by atoms with Crippen LogP contribution in [0.5, 0.6) is 0 Å². The third kappa shape index (κ3) is 3.34. The highest BCUT2D eigenvalue weighted by molar-refractivity contribution is 6.08. The number of hydrogen-bond donors (Lipinski definition) is 1. The van der Waals surface area contributed by atoms with Crippen molar-refractivity contribution in [2.24, 2.45) is 5.92 Å². The summed E-state index contributed by atoms with van der Waals surface area (Å²) < 4.78 is 4.74. The van der Waals surface area contributed by atoms with Gasteiger partial charge in [-0.05, 0) is 19.8 Å². The van der Waals surface area contributed by atoms with Crippen LogP contribution in [-0.2, 0) is 19.1 Å². The Bertz CT molecular complexity index is 259. The van der Waals surface area contributed by atoms with Crippen LogP contribution in [0.1, 0.15) is 26.2 Å². The number of nitrogens with one attached hydrogen (secondary N) is 1. The number of esters is 1. The minimum atomic E-state index is -0.556. The van der Waals surface area contributed by atoms with Crippen LogP contribution in [0.15, 0.2) is 0 Å². The lowest BCUT2D eigenvalue weighted by Gasteiger charge is -2.04. The molecule has 1 atom stereocenters. The lowest BCUT2D eigenvalue weighted by molar-refractivity contribution is -0.143. The van der Waals surface area contributed by atoms with E-state index in [4.69, 9.17) is 4.74 Å². The lowest BCUT2D eigenvalue weighted by atomic mass is 10.00. The molecule has 1 aliphatic heterocycles. The summed E-state index contributed by atoms with van der Waals surface area (Å²) in [5, 5.41) is 2.48. The molecule has 0 bridgehead atoms. The second kappa shape index (κ2) is 5.48. The molecule has 1 fully saturated rings. The van der Waals surface area contributed by atoms with Gasteiger partial charge in [0.25, 0.3) is 0 Å². The van der Waals surface area contributed by atoms with Gasteiger partial charge < -0.3 is 10.1 Å². The SMILES string of the molecule is CCOC(=O)CCCC1C(=O)CNC1=O. The zero-order valence-corrected chi connectivity index (χ0v) is 8.75. The van der Waals surface area contributed by atoms with E-state index < -0.39 is 5.92 Å². The van der Waals surface area contributed by atoms with Gasteiger partial charge in [-0.15, -0.1) is 0 Å². The third-order valence-electron chi connectivity index (χ3n) is 2.32. The molecule has 0 aromatic carbocycles. The Hall–Kier alpha value is -1.39. The van der Waals surface area contributed by atoms with Crippen molar-refractivity contribution in [3.63, 3.8) is 0 Å². The molecule has 1 N–H and O–H groups in total. The molecule has 0 radical (unpaired) electrons. The van der Waals surface area contributed by atoms with E-state index in [0.29, 0.717) is 19.4 Å². The van der Waals surface area contributed by atoms with Gasteiger partial charge in [0.1, 0.15) is 0 Å². The maximum atomic E-state index is 11.2. The molecule has 84 valence electrons. The Morgan fingerprint density at radius 2 is 2.27 bits per heavy atom. The molecule has 1 saturated heterocycles. The van der Waals surface area contributed by atoms with Gasteiger partial charge in [-0.3, -0.25) is 14.4 Å². The Labute approximate surface area is 88.2 Å². The van der Waals surface area contributed by atoms with Crippen LogP contribution in [0, 0.1) is 5.92 Å². The van der Waals surface area contributed by atoms with E-state index in [0.717, 1.165) is 0 Å². The number of carbonyl (C=O) groups is 3. The summed E-state index contributed by atoms with van der Waals surface area (Å²) in [7, 11) is 0. The van der Waals surface area contributed by atoms with Gasteiger partial charge >= 0.3 is 5.97 Å². The zero-order chi connectivity index (χ0) is 11.3. The highest BCUT2D eigenvalue weighted by Crippen LogP contribution is 2.14. The van der Waals surface area contributed by atoms with Crippen LogP contribution >= 0.6 is 0 Å². The molecular formula is C10H15NO4. The monoisotopic (exact) mass is 213 g/mol. The summed E-state index contributed by atoms with van der Waals surface area (Å²) in [4.78, 5) is 33.3. The average Bonchev–Trinajstić information content (AvgIpc) is 2.49. The maximum Gasteiger partial charge on any atom is 0.305 e. The van der Waals surface area contributed by atoms with E-state index in [1.165, 1.54) is 0 Å². The summed E-state index contributed by atoms with van der Waals surface area (Å²) in [6.07, 6.45) is 1.22. The zero-order valence-electron chi connectivity index (χ0n) is 8.75. The van der Waals surface area contributed by atoms with E-state index in [1.807, 2.05) is 0 Å². The number of Topliss-reactive ketones (excluding diaryl/α,β-unsaturated/α-hetero) is 1. The predicted octanol–water partition coefficient (Wildman–Crippen LogP) is 0.0349. The fourth-order valence-electron chi connectivity index (χ4n) is 1.54. The largest absolute Gasteiger partial charge is 0.466 e. The van der Waals surface area contributed by atoms with Crippen molar-refractivity contribution in [2.75, 3.05) is 13.2 Å². The summed E-state index contributed by atoms with van der Waals surface area (Å²) in [6.45, 7) is 2.23. The highest BCUT2D eigenvalue weighted by Gasteiger charge is 2.31. The van der Waals surface area contributed by atoms with Crippen molar-refractivity contribution in [2.45, 2.75) is 26.2 Å². The molecule has 1 amide bonds. The Kier molecular flexibility index (Phi) is 4.27. The van der Waals surface area contributed by atoms with Crippen molar-refractivity contribution in [1.29, 1.82) is 0 Å². The molecule has 0 aromatic rings. The van der Waals surface area contributed by atoms with Gasteiger partial charge in [0.15, 0.2) is 5.78 Å². The van der Waals surface area contributed by atoms with Gasteiger partial charge in [-0.25, -0.2) is 0 Å². The Morgan fingerprint density at radius 1 is 1.53 bits per heavy atom. The van der Waals surface area contributed by atoms with Crippen LogP contribution in [-0.4, -0.2) is 30.8 Å². The molecule has 0 spiro atoms. The van der Waals surface area contributed by atoms with Crippen molar-refractivity contribution < 1.29 is 19.1 Å². The number of ether oxygens (including phenoxy) is 1. The molecule has 0 aliphatic carbocycles. The van der Waals surface area contributed by atoms with E-state index in [-0.39, 0.29) is 30.6 Å². The number of ketones is 1. The van der Waals surface area contributed by atoms with E-state index in [1.54, 1.807) is 6.92 Å². The first-order chi connectivity index (χ1) is 7.15. The molecule has 1 heterocycles. The fraction of sp³-hybridized carbons (Fsp3) is 0.700. The molecule has 1 rings (SSSR count). The lowest BCUT2D eigenvalue weighted by Crippen LogP contribution is -2.20. The van der Waals surface area contributed by atoms with Gasteiger partial charge in [0, 0.05) is 6.42 Å². The fourth-order valence-corrected chi connectivity index (χ4v) is 1.54. The smallest absolute Gasteiger partial charge is 0.305 e. The van der Waals surface area contributed by atoms with Gasteiger partial charge in [-0.2, -0.15) is 0 Å². The van der Waals surface area contributed by atoms with Crippen molar-refractivity contribution in [3.05, 3.63) is 0 Å². The molecule has 5 heteroatoms. The number of rotatable bonds is 5. The molecule has 5 nitrogen and oxygen atoms in total.